The Hall–Kier alpha value is -3.81. The molecule has 4 heterocycles. The molecule has 1 saturated heterocycles. The second-order valence-corrected chi connectivity index (χ2v) is 9.55. The Bertz CT molecular complexity index is 1420. The molecule has 37 heavy (non-hydrogen) atoms. The summed E-state index contributed by atoms with van der Waals surface area (Å²) in [5.41, 5.74) is 13.0. The van der Waals surface area contributed by atoms with E-state index in [1.165, 1.54) is 5.56 Å². The number of anilines is 1. The highest BCUT2D eigenvalue weighted by Gasteiger charge is 2.19. The fourth-order valence-corrected chi connectivity index (χ4v) is 4.74. The van der Waals surface area contributed by atoms with Gasteiger partial charge in [0.25, 0.3) is 0 Å². The maximum atomic E-state index is 6.30. The van der Waals surface area contributed by atoms with Gasteiger partial charge in [0.2, 0.25) is 0 Å². The molecule has 0 unspecified atom stereocenters. The predicted molar refractivity (Wildman–Crippen MR) is 152 cm³/mol. The molecule has 2 N–H and O–H groups in total. The summed E-state index contributed by atoms with van der Waals surface area (Å²) in [5, 5.41) is 0. The molecule has 4 aromatic rings. The van der Waals surface area contributed by atoms with Crippen molar-refractivity contribution in [3.8, 4) is 17.1 Å². The first-order chi connectivity index (χ1) is 18.1. The SMILES string of the molecule is C/C=C(\C=C/CC)c1ccc2nc(-c3cccnc3N)n(-c3ccc(CN4CCN(C)CC4)cc3)c2n1. The lowest BCUT2D eigenvalue weighted by Gasteiger charge is -2.32. The Morgan fingerprint density at radius 3 is 2.49 bits per heavy atom. The Kier molecular flexibility index (Phi) is 7.44. The van der Waals surface area contributed by atoms with Crippen LogP contribution in [0.25, 0.3) is 33.8 Å². The summed E-state index contributed by atoms with van der Waals surface area (Å²) in [7, 11) is 2.19. The molecule has 7 nitrogen and oxygen atoms in total. The Labute approximate surface area is 219 Å². The third-order valence-corrected chi connectivity index (χ3v) is 6.92. The minimum atomic E-state index is 0.450. The average molecular weight is 494 g/mol. The smallest absolute Gasteiger partial charge is 0.165 e. The molecule has 0 aliphatic carbocycles. The molecule has 0 saturated carbocycles. The van der Waals surface area contributed by atoms with E-state index in [0.29, 0.717) is 5.82 Å². The lowest BCUT2D eigenvalue weighted by Crippen LogP contribution is -2.43. The second-order valence-electron chi connectivity index (χ2n) is 9.55. The van der Waals surface area contributed by atoms with E-state index in [-0.39, 0.29) is 0 Å². The zero-order valence-corrected chi connectivity index (χ0v) is 21.9. The van der Waals surface area contributed by atoms with Crippen LogP contribution in [0.2, 0.25) is 0 Å². The van der Waals surface area contributed by atoms with Crippen molar-refractivity contribution in [1.29, 1.82) is 0 Å². The largest absolute Gasteiger partial charge is 0.383 e. The van der Waals surface area contributed by atoms with E-state index in [4.69, 9.17) is 15.7 Å². The van der Waals surface area contributed by atoms with Gasteiger partial charge in [-0.05, 0) is 67.9 Å². The van der Waals surface area contributed by atoms with Gasteiger partial charge in [-0.1, -0.05) is 37.3 Å². The van der Waals surface area contributed by atoms with E-state index in [9.17, 15) is 0 Å². The maximum Gasteiger partial charge on any atom is 0.165 e. The van der Waals surface area contributed by atoms with Crippen LogP contribution in [-0.2, 0) is 6.54 Å². The van der Waals surface area contributed by atoms with E-state index in [1.54, 1.807) is 6.20 Å². The molecule has 5 rings (SSSR count). The van der Waals surface area contributed by atoms with Crippen LogP contribution in [0.4, 0.5) is 5.82 Å². The van der Waals surface area contributed by atoms with Crippen LogP contribution in [0.3, 0.4) is 0 Å². The van der Waals surface area contributed by atoms with Gasteiger partial charge < -0.3 is 10.6 Å². The van der Waals surface area contributed by atoms with E-state index >= 15 is 0 Å². The van der Waals surface area contributed by atoms with Gasteiger partial charge in [-0.3, -0.25) is 9.47 Å². The number of hydrogen-bond acceptors (Lipinski definition) is 6. The molecular formula is C30H35N7. The summed E-state index contributed by atoms with van der Waals surface area (Å²) in [6.07, 6.45) is 9.05. The van der Waals surface area contributed by atoms with Gasteiger partial charge >= 0.3 is 0 Å². The number of nitrogens with zero attached hydrogens (tertiary/aromatic N) is 6. The van der Waals surface area contributed by atoms with Crippen molar-refractivity contribution in [1.82, 2.24) is 29.3 Å². The molecule has 0 amide bonds. The fraction of sp³-hybridized carbons (Fsp3) is 0.300. The van der Waals surface area contributed by atoms with Crippen molar-refractivity contribution in [2.24, 2.45) is 0 Å². The number of imidazole rings is 1. The van der Waals surface area contributed by atoms with Crippen LogP contribution in [0.1, 0.15) is 31.5 Å². The number of benzene rings is 1. The first-order valence-electron chi connectivity index (χ1n) is 13.0. The fourth-order valence-electron chi connectivity index (χ4n) is 4.74. The highest BCUT2D eigenvalue weighted by molar-refractivity contribution is 5.85. The number of hydrogen-bond donors (Lipinski definition) is 1. The summed E-state index contributed by atoms with van der Waals surface area (Å²) >= 11 is 0. The third-order valence-electron chi connectivity index (χ3n) is 6.92. The number of pyridine rings is 2. The lowest BCUT2D eigenvalue weighted by molar-refractivity contribution is 0.148. The molecule has 0 atom stereocenters. The quantitative estimate of drug-likeness (QED) is 0.358. The molecule has 1 aliphatic heterocycles. The van der Waals surface area contributed by atoms with E-state index < -0.39 is 0 Å². The van der Waals surface area contributed by atoms with E-state index in [2.05, 4.69) is 75.8 Å². The summed E-state index contributed by atoms with van der Waals surface area (Å²) in [6, 6.07) is 16.7. The monoisotopic (exact) mass is 493 g/mol. The van der Waals surface area contributed by atoms with Crippen molar-refractivity contribution in [2.45, 2.75) is 26.8 Å². The minimum Gasteiger partial charge on any atom is -0.383 e. The summed E-state index contributed by atoms with van der Waals surface area (Å²) in [5.74, 6) is 1.19. The first-order valence-corrected chi connectivity index (χ1v) is 13.0. The van der Waals surface area contributed by atoms with Gasteiger partial charge in [-0.2, -0.15) is 0 Å². The van der Waals surface area contributed by atoms with Crippen LogP contribution in [-0.4, -0.2) is 62.5 Å². The van der Waals surface area contributed by atoms with Crippen molar-refractivity contribution in [2.75, 3.05) is 39.0 Å². The van der Waals surface area contributed by atoms with Gasteiger partial charge in [-0.25, -0.2) is 15.0 Å². The number of nitrogens with two attached hydrogens (primary N) is 1. The Morgan fingerprint density at radius 1 is 1.00 bits per heavy atom. The van der Waals surface area contributed by atoms with Crippen molar-refractivity contribution >= 4 is 22.6 Å². The van der Waals surface area contributed by atoms with Gasteiger partial charge in [0, 0.05) is 44.6 Å². The maximum absolute atomic E-state index is 6.30. The van der Waals surface area contributed by atoms with Crippen LogP contribution in [0.5, 0.6) is 0 Å². The first kappa shape index (κ1) is 24.9. The van der Waals surface area contributed by atoms with Gasteiger partial charge in [0.15, 0.2) is 11.5 Å². The molecule has 1 fully saturated rings. The Morgan fingerprint density at radius 2 is 1.78 bits per heavy atom. The van der Waals surface area contributed by atoms with Gasteiger partial charge in [0.1, 0.15) is 11.3 Å². The number of piperazine rings is 1. The number of likely N-dealkylation sites (N-methyl/N-ethyl adjacent to an activating group) is 1. The molecule has 3 aromatic heterocycles. The normalized spacial score (nSPS) is 15.7. The number of fused-ring (bicyclic) bond motifs is 1. The van der Waals surface area contributed by atoms with Gasteiger partial charge in [-0.15, -0.1) is 0 Å². The third kappa shape index (κ3) is 5.33. The van der Waals surface area contributed by atoms with Crippen molar-refractivity contribution in [3.63, 3.8) is 0 Å². The number of rotatable bonds is 7. The lowest BCUT2D eigenvalue weighted by atomic mass is 10.1. The molecule has 0 radical (unpaired) electrons. The van der Waals surface area contributed by atoms with Gasteiger partial charge in [0.05, 0.1) is 11.3 Å². The highest BCUT2D eigenvalue weighted by Crippen LogP contribution is 2.31. The van der Waals surface area contributed by atoms with Crippen LogP contribution in [0.15, 0.2) is 73.0 Å². The number of nitrogen functional groups attached to an aromatic ring is 1. The molecule has 190 valence electrons. The zero-order chi connectivity index (χ0) is 25.8. The molecular weight excluding hydrogens is 458 g/mol. The number of allylic oxidation sites excluding steroid dienone is 4. The topological polar surface area (TPSA) is 76.1 Å². The second kappa shape index (κ2) is 11.1. The standard InChI is InChI=1S/C30H35N7/c1-4-6-8-23(5-2)26-14-15-27-30(33-26)37(29(34-27)25-9-7-16-32-28(25)31)24-12-10-22(11-13-24)21-36-19-17-35(3)18-20-36/h5-16H,4,17-21H2,1-3H3,(H2,31,32)/b8-6-,23-5+. The molecule has 0 spiro atoms. The average Bonchev–Trinajstić information content (AvgIpc) is 3.30. The molecule has 0 bridgehead atoms. The molecule has 1 aliphatic rings. The summed E-state index contributed by atoms with van der Waals surface area (Å²) in [6.45, 7) is 9.56. The highest BCUT2D eigenvalue weighted by atomic mass is 15.2. The Balaban J connectivity index is 1.58. The van der Waals surface area contributed by atoms with Crippen molar-refractivity contribution < 1.29 is 0 Å². The van der Waals surface area contributed by atoms with Crippen LogP contribution in [0, 0.1) is 0 Å². The molecule has 7 heteroatoms. The van der Waals surface area contributed by atoms with Crippen LogP contribution >= 0.6 is 0 Å². The van der Waals surface area contributed by atoms with E-state index in [0.717, 1.165) is 78.7 Å². The minimum absolute atomic E-state index is 0.450. The summed E-state index contributed by atoms with van der Waals surface area (Å²) in [4.78, 5) is 19.3. The van der Waals surface area contributed by atoms with E-state index in [1.807, 2.05) is 31.2 Å². The van der Waals surface area contributed by atoms with Crippen molar-refractivity contribution in [3.05, 3.63) is 84.2 Å². The number of aromatic nitrogens is 4. The summed E-state index contributed by atoms with van der Waals surface area (Å²) < 4.78 is 2.10. The zero-order valence-electron chi connectivity index (χ0n) is 21.9. The molecule has 1 aromatic carbocycles. The van der Waals surface area contributed by atoms with Crippen LogP contribution < -0.4 is 5.73 Å². The predicted octanol–water partition coefficient (Wildman–Crippen LogP) is 5.18.